The molecule has 1 rings (SSSR count). The largest absolute Gasteiger partial charge is 0.315 e. The van der Waals surface area contributed by atoms with E-state index in [1.807, 2.05) is 0 Å². The Morgan fingerprint density at radius 3 is 2.12 bits per heavy atom. The van der Waals surface area contributed by atoms with Crippen LogP contribution in [0.4, 0.5) is 0 Å². The molecule has 0 heterocycles. The van der Waals surface area contributed by atoms with Gasteiger partial charge in [0.25, 0.3) is 0 Å². The van der Waals surface area contributed by atoms with Gasteiger partial charge in [0.1, 0.15) is 0 Å². The maximum atomic E-state index is 3.62. The van der Waals surface area contributed by atoms with Crippen molar-refractivity contribution >= 4 is 0 Å². The van der Waals surface area contributed by atoms with Gasteiger partial charge in [-0.15, -0.1) is 0 Å². The average Bonchev–Trinajstić information content (AvgIpc) is 2.31. The third-order valence-corrected chi connectivity index (χ3v) is 5.25. The Morgan fingerprint density at radius 2 is 1.76 bits per heavy atom. The zero-order chi connectivity index (χ0) is 13.1. The summed E-state index contributed by atoms with van der Waals surface area (Å²) in [4.78, 5) is 2.41. The van der Waals surface area contributed by atoms with Gasteiger partial charge in [-0.25, -0.2) is 0 Å². The molecule has 17 heavy (non-hydrogen) atoms. The Kier molecular flexibility index (Phi) is 5.46. The minimum Gasteiger partial charge on any atom is -0.315 e. The molecule has 0 radical (unpaired) electrons. The normalized spacial score (nSPS) is 31.2. The van der Waals surface area contributed by atoms with Crippen molar-refractivity contribution in [3.63, 3.8) is 0 Å². The highest BCUT2D eigenvalue weighted by Gasteiger charge is 2.39. The van der Waals surface area contributed by atoms with Gasteiger partial charge in [0.05, 0.1) is 0 Å². The highest BCUT2D eigenvalue weighted by Crippen LogP contribution is 2.36. The van der Waals surface area contributed by atoms with Crippen LogP contribution in [-0.2, 0) is 0 Å². The number of hydrogen-bond acceptors (Lipinski definition) is 2. The molecule has 0 aromatic rings. The molecule has 0 saturated heterocycles. The number of likely N-dealkylation sites (N-methyl/N-ethyl adjacent to an activating group) is 2. The fourth-order valence-corrected chi connectivity index (χ4v) is 3.49. The molecule has 1 N–H and O–H groups in total. The molecule has 102 valence electrons. The molecule has 0 aromatic carbocycles. The van der Waals surface area contributed by atoms with Crippen molar-refractivity contribution in [1.29, 1.82) is 0 Å². The van der Waals surface area contributed by atoms with Gasteiger partial charge in [-0.2, -0.15) is 0 Å². The fraction of sp³-hybridized carbons (Fsp3) is 1.00. The molecule has 1 fully saturated rings. The second-order valence-corrected chi connectivity index (χ2v) is 6.39. The fourth-order valence-electron chi connectivity index (χ4n) is 3.49. The highest BCUT2D eigenvalue weighted by atomic mass is 15.2. The molecule has 0 spiro atoms. The summed E-state index contributed by atoms with van der Waals surface area (Å²) in [6.45, 7) is 7.12. The zero-order valence-corrected chi connectivity index (χ0v) is 12.7. The van der Waals surface area contributed by atoms with Crippen molar-refractivity contribution in [3.05, 3.63) is 0 Å². The smallest absolute Gasteiger partial charge is 0.0328 e. The van der Waals surface area contributed by atoms with Gasteiger partial charge in [0, 0.05) is 11.6 Å². The van der Waals surface area contributed by atoms with Crippen LogP contribution in [0.2, 0.25) is 0 Å². The standard InChI is InChI=1S/C15H32N2/c1-7-15(3,17(5)6)14(16-4)13-10-8-12(2)9-11-13/h12-14,16H,7-11H2,1-6H3. The summed E-state index contributed by atoms with van der Waals surface area (Å²) in [5, 5.41) is 3.62. The quantitative estimate of drug-likeness (QED) is 0.794. The minimum atomic E-state index is 0.278. The second kappa shape index (κ2) is 6.19. The van der Waals surface area contributed by atoms with Crippen molar-refractivity contribution in [1.82, 2.24) is 10.2 Å². The van der Waals surface area contributed by atoms with Crippen molar-refractivity contribution < 1.29 is 0 Å². The topological polar surface area (TPSA) is 15.3 Å². The summed E-state index contributed by atoms with van der Waals surface area (Å²) in [5.41, 5.74) is 0.278. The Hall–Kier alpha value is -0.0800. The van der Waals surface area contributed by atoms with Gasteiger partial charge in [-0.05, 0) is 59.2 Å². The van der Waals surface area contributed by atoms with Crippen molar-refractivity contribution in [2.45, 2.75) is 64.5 Å². The average molecular weight is 240 g/mol. The van der Waals surface area contributed by atoms with Crippen LogP contribution < -0.4 is 5.32 Å². The SMILES string of the molecule is CCC(C)(C(NC)C1CCC(C)CC1)N(C)C. The van der Waals surface area contributed by atoms with Gasteiger partial charge >= 0.3 is 0 Å². The Bertz CT molecular complexity index is 219. The predicted molar refractivity (Wildman–Crippen MR) is 76.4 cm³/mol. The summed E-state index contributed by atoms with van der Waals surface area (Å²) in [7, 11) is 6.58. The molecule has 0 bridgehead atoms. The molecule has 0 amide bonds. The minimum absolute atomic E-state index is 0.278. The molecule has 2 unspecified atom stereocenters. The second-order valence-electron chi connectivity index (χ2n) is 6.39. The molecular weight excluding hydrogens is 208 g/mol. The highest BCUT2D eigenvalue weighted by molar-refractivity contribution is 4.98. The lowest BCUT2D eigenvalue weighted by atomic mass is 9.72. The molecule has 2 atom stereocenters. The first-order chi connectivity index (χ1) is 7.95. The van der Waals surface area contributed by atoms with E-state index in [0.717, 1.165) is 11.8 Å². The van der Waals surface area contributed by atoms with E-state index in [4.69, 9.17) is 0 Å². The lowest BCUT2D eigenvalue weighted by Gasteiger charge is -2.47. The molecule has 0 aliphatic heterocycles. The molecule has 2 nitrogen and oxygen atoms in total. The van der Waals surface area contributed by atoms with Gasteiger partial charge < -0.3 is 10.2 Å². The van der Waals surface area contributed by atoms with Gasteiger partial charge in [0.15, 0.2) is 0 Å². The molecule has 0 aromatic heterocycles. The van der Waals surface area contributed by atoms with E-state index in [-0.39, 0.29) is 5.54 Å². The molecular formula is C15H32N2. The first kappa shape index (κ1) is 15.0. The van der Waals surface area contributed by atoms with Crippen LogP contribution in [-0.4, -0.2) is 37.6 Å². The van der Waals surface area contributed by atoms with Crippen molar-refractivity contribution in [2.24, 2.45) is 11.8 Å². The molecule has 1 aliphatic carbocycles. The summed E-state index contributed by atoms with van der Waals surface area (Å²) < 4.78 is 0. The summed E-state index contributed by atoms with van der Waals surface area (Å²) in [5.74, 6) is 1.79. The molecule has 1 saturated carbocycles. The number of nitrogens with zero attached hydrogens (tertiary/aromatic N) is 1. The predicted octanol–water partition coefficient (Wildman–Crippen LogP) is 3.13. The van der Waals surface area contributed by atoms with Crippen molar-refractivity contribution in [3.8, 4) is 0 Å². The Labute approximate surface area is 108 Å². The number of nitrogens with one attached hydrogen (secondary N) is 1. The van der Waals surface area contributed by atoms with Gasteiger partial charge in [-0.3, -0.25) is 0 Å². The van der Waals surface area contributed by atoms with Crippen LogP contribution in [0.1, 0.15) is 52.9 Å². The molecule has 1 aliphatic rings. The van der Waals surface area contributed by atoms with Crippen LogP contribution in [0, 0.1) is 11.8 Å². The molecule has 2 heteroatoms. The van der Waals surface area contributed by atoms with Crippen molar-refractivity contribution in [2.75, 3.05) is 21.1 Å². The van der Waals surface area contributed by atoms with E-state index >= 15 is 0 Å². The maximum Gasteiger partial charge on any atom is 0.0328 e. The van der Waals surface area contributed by atoms with E-state index in [2.05, 4.69) is 52.1 Å². The summed E-state index contributed by atoms with van der Waals surface area (Å²) in [6, 6.07) is 0.620. The van der Waals surface area contributed by atoms with Crippen LogP contribution >= 0.6 is 0 Å². The van der Waals surface area contributed by atoms with Crippen LogP contribution in [0.25, 0.3) is 0 Å². The summed E-state index contributed by atoms with van der Waals surface area (Å²) in [6.07, 6.45) is 6.83. The summed E-state index contributed by atoms with van der Waals surface area (Å²) >= 11 is 0. The van der Waals surface area contributed by atoms with E-state index in [9.17, 15) is 0 Å². The maximum absolute atomic E-state index is 3.62. The Morgan fingerprint density at radius 1 is 1.24 bits per heavy atom. The van der Waals surface area contributed by atoms with Crippen LogP contribution in [0.15, 0.2) is 0 Å². The van der Waals surface area contributed by atoms with E-state index in [0.29, 0.717) is 6.04 Å². The van der Waals surface area contributed by atoms with Gasteiger partial charge in [0.2, 0.25) is 0 Å². The third kappa shape index (κ3) is 3.23. The van der Waals surface area contributed by atoms with Crippen LogP contribution in [0.3, 0.4) is 0 Å². The first-order valence-corrected chi connectivity index (χ1v) is 7.30. The van der Waals surface area contributed by atoms with Crippen LogP contribution in [0.5, 0.6) is 0 Å². The lowest BCUT2D eigenvalue weighted by molar-refractivity contribution is 0.0668. The van der Waals surface area contributed by atoms with E-state index in [1.165, 1.54) is 32.1 Å². The Balaban J connectivity index is 2.75. The lowest BCUT2D eigenvalue weighted by Crippen LogP contribution is -2.59. The van der Waals surface area contributed by atoms with Gasteiger partial charge in [-0.1, -0.05) is 26.7 Å². The van der Waals surface area contributed by atoms with E-state index < -0.39 is 0 Å². The number of hydrogen-bond donors (Lipinski definition) is 1. The zero-order valence-electron chi connectivity index (χ0n) is 12.7. The van der Waals surface area contributed by atoms with E-state index in [1.54, 1.807) is 0 Å². The third-order valence-electron chi connectivity index (χ3n) is 5.25. The monoisotopic (exact) mass is 240 g/mol. The first-order valence-electron chi connectivity index (χ1n) is 7.30. The number of rotatable bonds is 5.